The first-order valence-corrected chi connectivity index (χ1v) is 15.1. The van der Waals surface area contributed by atoms with E-state index in [1.165, 1.54) is 12.1 Å². The molecule has 14 heteroatoms. The van der Waals surface area contributed by atoms with Crippen LogP contribution in [0.5, 0.6) is 5.75 Å². The number of carbonyl (C=O) groups excluding carboxylic acids is 3. The molecule has 2 aromatic carbocycles. The van der Waals surface area contributed by atoms with E-state index in [1.807, 2.05) is 30.3 Å². The summed E-state index contributed by atoms with van der Waals surface area (Å²) in [5, 5.41) is 4.81. The van der Waals surface area contributed by atoms with E-state index in [-0.39, 0.29) is 54.3 Å². The number of benzene rings is 2. The number of carbonyl (C=O) groups is 3. The summed E-state index contributed by atoms with van der Waals surface area (Å²) in [6.45, 7) is 7.11. The molecule has 3 heterocycles. The van der Waals surface area contributed by atoms with Crippen LogP contribution in [0.2, 0.25) is 0 Å². The van der Waals surface area contributed by atoms with E-state index in [0.29, 0.717) is 29.8 Å². The molecule has 2 aliphatic heterocycles. The van der Waals surface area contributed by atoms with Gasteiger partial charge in [0.2, 0.25) is 0 Å². The van der Waals surface area contributed by atoms with Crippen molar-refractivity contribution in [3.63, 3.8) is 0 Å². The fourth-order valence-corrected chi connectivity index (χ4v) is 5.98. The largest absolute Gasteiger partial charge is 0.446 e. The molecule has 1 atom stereocenters. The van der Waals surface area contributed by atoms with Gasteiger partial charge in [-0.2, -0.15) is 18.3 Å². The lowest BCUT2D eigenvalue weighted by Crippen LogP contribution is -2.47. The van der Waals surface area contributed by atoms with Gasteiger partial charge in [0, 0.05) is 49.9 Å². The van der Waals surface area contributed by atoms with Gasteiger partial charge in [-0.25, -0.2) is 14.3 Å². The van der Waals surface area contributed by atoms with E-state index in [0.717, 1.165) is 18.6 Å². The fraction of sp³-hybridized carbons (Fsp3) is 0.419. The van der Waals surface area contributed by atoms with Crippen LogP contribution in [0, 0.1) is 0 Å². The van der Waals surface area contributed by atoms with E-state index in [4.69, 9.17) is 19.3 Å². The summed E-state index contributed by atoms with van der Waals surface area (Å²) in [4.78, 5) is 41.6. The number of amides is 2. The van der Waals surface area contributed by atoms with Crippen molar-refractivity contribution in [3.05, 3.63) is 71.0 Å². The molecule has 10 nitrogen and oxygen atoms in total. The second-order valence-corrected chi connectivity index (χ2v) is 12.8. The Morgan fingerprint density at radius 2 is 1.73 bits per heavy atom. The zero-order valence-corrected chi connectivity index (χ0v) is 26.0. The summed E-state index contributed by atoms with van der Waals surface area (Å²) in [5.74, 6) is -0.783. The number of aromatic nitrogens is 2. The number of nitrogens with zero attached hydrogens (tertiary/aromatic N) is 4. The summed E-state index contributed by atoms with van der Waals surface area (Å²) in [6, 6.07) is 12.5. The maximum absolute atomic E-state index is 13.4. The lowest BCUT2D eigenvalue weighted by molar-refractivity contribution is -0.131. The molecular weight excluding hydrogens is 613 g/mol. The van der Waals surface area contributed by atoms with Crippen LogP contribution in [-0.4, -0.2) is 68.5 Å². The zero-order chi connectivity index (χ0) is 32.5. The average molecular weight is 647 g/mol. The monoisotopic (exact) mass is 646 g/mol. The summed E-state index contributed by atoms with van der Waals surface area (Å²) < 4.78 is 57.5. The highest BCUT2D eigenvalue weighted by Crippen LogP contribution is 2.42. The number of hydrogen-bond donors (Lipinski definition) is 0. The van der Waals surface area contributed by atoms with Crippen molar-refractivity contribution in [1.82, 2.24) is 19.6 Å². The molecule has 3 aromatic rings. The minimum atomic E-state index is -4.53. The fourth-order valence-electron chi connectivity index (χ4n) is 5.41. The van der Waals surface area contributed by atoms with E-state index >= 15 is 0 Å². The smallest absolute Gasteiger partial charge is 0.445 e. The third-order valence-corrected chi connectivity index (χ3v) is 7.87. The molecule has 1 aromatic heterocycles. The number of halogens is 3. The molecule has 240 valence electrons. The Labute approximate surface area is 262 Å². The highest BCUT2D eigenvalue weighted by atomic mass is 32.2. The lowest BCUT2D eigenvalue weighted by atomic mass is 9.96. The van der Waals surface area contributed by atoms with E-state index in [1.54, 1.807) is 35.3 Å². The number of rotatable bonds is 5. The molecule has 0 N–H and O–H groups in total. The van der Waals surface area contributed by atoms with Crippen molar-refractivity contribution in [1.29, 1.82) is 0 Å². The normalized spacial score (nSPS) is 16.5. The Bertz CT molecular complexity index is 1590. The molecule has 5 rings (SSSR count). The van der Waals surface area contributed by atoms with Gasteiger partial charge >= 0.3 is 23.7 Å². The summed E-state index contributed by atoms with van der Waals surface area (Å²) in [5.41, 5.74) is -2.17. The van der Waals surface area contributed by atoms with Crippen molar-refractivity contribution in [3.8, 4) is 11.4 Å². The van der Waals surface area contributed by atoms with Gasteiger partial charge in [-0.1, -0.05) is 30.3 Å². The SMILES string of the molecule is CC(=O)Oc1cc(SC(F)(F)F)ccc1-n1nc2c3c1CCN(C(=O)OC(C)(C)C)C3CN(C(=O)OCc1ccccc1)CC2. The molecule has 0 bridgehead atoms. The van der Waals surface area contributed by atoms with Crippen LogP contribution in [0.25, 0.3) is 5.69 Å². The first-order valence-electron chi connectivity index (χ1n) is 14.3. The van der Waals surface area contributed by atoms with Crippen molar-refractivity contribution >= 4 is 29.9 Å². The molecule has 2 aliphatic rings. The van der Waals surface area contributed by atoms with Gasteiger partial charge in [0.25, 0.3) is 0 Å². The number of alkyl halides is 3. The molecule has 1 unspecified atom stereocenters. The Kier molecular flexibility index (Phi) is 9.06. The van der Waals surface area contributed by atoms with Crippen molar-refractivity contribution < 1.29 is 41.8 Å². The molecule has 0 fully saturated rings. The van der Waals surface area contributed by atoms with Gasteiger partial charge in [-0.15, -0.1) is 0 Å². The maximum atomic E-state index is 13.4. The maximum Gasteiger partial charge on any atom is 0.446 e. The first kappa shape index (κ1) is 32.2. The number of esters is 1. The van der Waals surface area contributed by atoms with Gasteiger partial charge in [-0.3, -0.25) is 9.69 Å². The number of hydrogen-bond acceptors (Lipinski definition) is 8. The minimum Gasteiger partial charge on any atom is -0.445 e. The molecule has 0 spiro atoms. The van der Waals surface area contributed by atoms with Gasteiger partial charge in [0.05, 0.1) is 17.4 Å². The summed E-state index contributed by atoms with van der Waals surface area (Å²) in [6.07, 6.45) is -0.442. The van der Waals surface area contributed by atoms with Gasteiger partial charge in [0.1, 0.15) is 17.9 Å². The van der Waals surface area contributed by atoms with Crippen LogP contribution < -0.4 is 4.74 Å². The third kappa shape index (κ3) is 7.72. The quantitative estimate of drug-likeness (QED) is 0.177. The van der Waals surface area contributed by atoms with Crippen LogP contribution in [0.3, 0.4) is 0 Å². The van der Waals surface area contributed by atoms with Gasteiger partial charge < -0.3 is 19.1 Å². The molecular formula is C31H33F3N4O6S. The molecule has 0 saturated heterocycles. The predicted molar refractivity (Wildman–Crippen MR) is 158 cm³/mol. The Morgan fingerprint density at radius 1 is 1.00 bits per heavy atom. The van der Waals surface area contributed by atoms with Crippen molar-refractivity contribution in [2.75, 3.05) is 19.6 Å². The van der Waals surface area contributed by atoms with Gasteiger partial charge in [-0.05, 0) is 56.3 Å². The van der Waals surface area contributed by atoms with Crippen LogP contribution >= 0.6 is 11.8 Å². The van der Waals surface area contributed by atoms with Crippen molar-refractivity contribution in [2.45, 2.75) is 69.2 Å². The Balaban J connectivity index is 1.51. The van der Waals surface area contributed by atoms with Crippen molar-refractivity contribution in [2.24, 2.45) is 0 Å². The van der Waals surface area contributed by atoms with E-state index < -0.39 is 35.3 Å². The average Bonchev–Trinajstić information content (AvgIpc) is 3.19. The van der Waals surface area contributed by atoms with E-state index in [9.17, 15) is 27.6 Å². The second kappa shape index (κ2) is 12.7. The molecule has 2 amide bonds. The third-order valence-electron chi connectivity index (χ3n) is 7.15. The summed E-state index contributed by atoms with van der Waals surface area (Å²) in [7, 11) is 0. The zero-order valence-electron chi connectivity index (χ0n) is 25.2. The van der Waals surface area contributed by atoms with Crippen LogP contribution in [0.1, 0.15) is 56.3 Å². The highest BCUT2D eigenvalue weighted by molar-refractivity contribution is 8.00. The molecule has 0 aliphatic carbocycles. The van der Waals surface area contributed by atoms with Gasteiger partial charge in [0.15, 0.2) is 5.75 Å². The number of thioether (sulfide) groups is 1. The minimum absolute atomic E-state index is 0.0807. The highest BCUT2D eigenvalue weighted by Gasteiger charge is 2.42. The molecule has 0 saturated carbocycles. The Morgan fingerprint density at radius 3 is 2.40 bits per heavy atom. The Hall–Kier alpha value is -4.20. The standard InChI is InChI=1S/C31H33F3N4O6S/c1-19(39)43-26-16-21(45-31(32,33)34)10-11-23(26)38-24-13-15-37(29(41)44-30(2,3)4)25-17-36(14-12-22(35-38)27(24)25)28(40)42-18-20-8-6-5-7-9-20/h5-11,16,25H,12-15,17-18H2,1-4H3. The van der Waals surface area contributed by atoms with Crippen LogP contribution in [0.15, 0.2) is 53.4 Å². The topological polar surface area (TPSA) is 103 Å². The predicted octanol–water partition coefficient (Wildman–Crippen LogP) is 6.44. The molecule has 0 radical (unpaired) electrons. The summed E-state index contributed by atoms with van der Waals surface area (Å²) >= 11 is -0.318. The number of ether oxygens (including phenoxy) is 3. The van der Waals surface area contributed by atoms with E-state index in [2.05, 4.69) is 0 Å². The van der Waals surface area contributed by atoms with Crippen LogP contribution in [-0.2, 0) is 33.7 Å². The first-order chi connectivity index (χ1) is 21.2. The second-order valence-electron chi connectivity index (χ2n) is 11.7. The lowest BCUT2D eigenvalue weighted by Gasteiger charge is -2.38. The van der Waals surface area contributed by atoms with Crippen LogP contribution in [0.4, 0.5) is 22.8 Å². The molecule has 45 heavy (non-hydrogen) atoms.